The van der Waals surface area contributed by atoms with Gasteiger partial charge in [0.1, 0.15) is 12.4 Å². The monoisotopic (exact) mass is 455 g/mol. The fourth-order valence-corrected chi connectivity index (χ4v) is 5.45. The third-order valence-electron chi connectivity index (χ3n) is 4.34. The smallest absolute Gasteiger partial charge is 0.252 e. The van der Waals surface area contributed by atoms with Crippen molar-refractivity contribution in [2.45, 2.75) is 42.8 Å². The number of aromatic nitrogens is 3. The fourth-order valence-electron chi connectivity index (χ4n) is 2.99. The summed E-state index contributed by atoms with van der Waals surface area (Å²) in [6, 6.07) is 7.27. The maximum Gasteiger partial charge on any atom is 0.252 e. The number of imidazole rings is 1. The summed E-state index contributed by atoms with van der Waals surface area (Å²) in [5, 5.41) is 10.1. The van der Waals surface area contributed by atoms with Crippen LogP contribution in [0, 0.1) is 0 Å². The minimum atomic E-state index is -4.10. The predicted octanol–water partition coefficient (Wildman–Crippen LogP) is 3.38. The number of sulfone groups is 1. The highest BCUT2D eigenvalue weighted by atomic mass is 35.5. The van der Waals surface area contributed by atoms with E-state index in [0.29, 0.717) is 5.56 Å². The van der Waals surface area contributed by atoms with Crippen LogP contribution in [0.15, 0.2) is 51.2 Å². The number of aliphatic hydroxyl groups excluding tert-OH is 1. The molecule has 1 aromatic carbocycles. The minimum absolute atomic E-state index is 0.0748. The second-order valence-corrected chi connectivity index (χ2v) is 9.49. The van der Waals surface area contributed by atoms with Crippen molar-refractivity contribution < 1.29 is 13.5 Å². The Kier molecular flexibility index (Phi) is 6.19. The number of nitrogens with one attached hydrogen (secondary N) is 1. The van der Waals surface area contributed by atoms with Crippen LogP contribution >= 0.6 is 23.2 Å². The van der Waals surface area contributed by atoms with Crippen LogP contribution in [0.2, 0.25) is 10.0 Å². The molecule has 0 unspecified atom stereocenters. The van der Waals surface area contributed by atoms with E-state index in [1.54, 1.807) is 26.0 Å². The standard InChI is InChI=1S/C19H19Cl2N3O4S/c1-11(2)17-19(29(27,28)15-7-13(20)6-14(21)8-15)24(16(10-25)23-17)9-12-4-3-5-22-18(12)26/h3-8,11,25H,9-10H2,1-2H3,(H,22,26). The van der Waals surface area contributed by atoms with Gasteiger partial charge in [-0.2, -0.15) is 0 Å². The Labute approximate surface area is 177 Å². The zero-order valence-electron chi connectivity index (χ0n) is 15.7. The van der Waals surface area contributed by atoms with E-state index in [4.69, 9.17) is 23.2 Å². The first-order chi connectivity index (χ1) is 13.6. The van der Waals surface area contributed by atoms with Gasteiger partial charge in [-0.15, -0.1) is 0 Å². The van der Waals surface area contributed by atoms with E-state index in [-0.39, 0.29) is 49.5 Å². The van der Waals surface area contributed by atoms with Crippen LogP contribution in [0.5, 0.6) is 0 Å². The van der Waals surface area contributed by atoms with Crippen LogP contribution in [0.4, 0.5) is 0 Å². The van der Waals surface area contributed by atoms with Crippen LogP contribution in [0.1, 0.15) is 36.8 Å². The molecule has 7 nitrogen and oxygen atoms in total. The van der Waals surface area contributed by atoms with Crippen LogP contribution in [0.25, 0.3) is 0 Å². The number of halogens is 2. The molecule has 0 aliphatic carbocycles. The van der Waals surface area contributed by atoms with Gasteiger partial charge in [0.15, 0.2) is 5.03 Å². The number of nitrogens with zero attached hydrogens (tertiary/aromatic N) is 2. The van der Waals surface area contributed by atoms with E-state index in [9.17, 15) is 18.3 Å². The van der Waals surface area contributed by atoms with Gasteiger partial charge >= 0.3 is 0 Å². The lowest BCUT2D eigenvalue weighted by atomic mass is 10.1. The molecule has 0 spiro atoms. The molecule has 0 saturated carbocycles. The van der Waals surface area contributed by atoms with Crippen LogP contribution in [0.3, 0.4) is 0 Å². The Hall–Kier alpha value is -2.13. The van der Waals surface area contributed by atoms with Crippen molar-refractivity contribution >= 4 is 33.0 Å². The SMILES string of the molecule is CC(C)c1nc(CO)n(Cc2ccc[nH]c2=O)c1S(=O)(=O)c1cc(Cl)cc(Cl)c1. The number of rotatable bonds is 6. The molecule has 154 valence electrons. The van der Waals surface area contributed by atoms with Crippen LogP contribution in [-0.4, -0.2) is 28.1 Å². The largest absolute Gasteiger partial charge is 0.388 e. The average molecular weight is 456 g/mol. The lowest BCUT2D eigenvalue weighted by Crippen LogP contribution is -2.20. The van der Waals surface area contributed by atoms with Crippen molar-refractivity contribution in [2.24, 2.45) is 0 Å². The lowest BCUT2D eigenvalue weighted by Gasteiger charge is -2.14. The molecular weight excluding hydrogens is 437 g/mol. The molecule has 2 aromatic heterocycles. The van der Waals surface area contributed by atoms with Crippen molar-refractivity contribution in [1.82, 2.24) is 14.5 Å². The molecule has 0 radical (unpaired) electrons. The summed E-state index contributed by atoms with van der Waals surface area (Å²) in [6.45, 7) is 3.03. The fraction of sp³-hybridized carbons (Fsp3) is 0.263. The van der Waals surface area contributed by atoms with Crippen molar-refractivity contribution in [2.75, 3.05) is 0 Å². The first-order valence-corrected chi connectivity index (χ1v) is 11.0. The van der Waals surface area contributed by atoms with E-state index < -0.39 is 16.4 Å². The maximum absolute atomic E-state index is 13.5. The number of hydrogen-bond acceptors (Lipinski definition) is 5. The Bertz CT molecular complexity index is 1200. The number of pyridine rings is 1. The highest BCUT2D eigenvalue weighted by molar-refractivity contribution is 7.91. The molecule has 0 aliphatic rings. The number of hydrogen-bond donors (Lipinski definition) is 2. The van der Waals surface area contributed by atoms with Gasteiger partial charge < -0.3 is 14.7 Å². The Balaban J connectivity index is 2.30. The Morgan fingerprint density at radius 3 is 2.41 bits per heavy atom. The summed E-state index contributed by atoms with van der Waals surface area (Å²) < 4.78 is 28.4. The van der Waals surface area contributed by atoms with Crippen molar-refractivity contribution in [3.63, 3.8) is 0 Å². The second kappa shape index (κ2) is 8.31. The second-order valence-electron chi connectivity index (χ2n) is 6.75. The van der Waals surface area contributed by atoms with Gasteiger partial charge in [0.25, 0.3) is 5.56 Å². The van der Waals surface area contributed by atoms with Gasteiger partial charge in [0.2, 0.25) is 9.84 Å². The summed E-state index contributed by atoms with van der Waals surface area (Å²) in [5.74, 6) is -0.112. The average Bonchev–Trinajstić information content (AvgIpc) is 3.02. The molecule has 2 N–H and O–H groups in total. The quantitative estimate of drug-likeness (QED) is 0.592. The molecule has 0 fully saturated rings. The van der Waals surface area contributed by atoms with Gasteiger partial charge in [-0.05, 0) is 30.2 Å². The molecule has 0 saturated heterocycles. The number of aliphatic hydroxyl groups is 1. The molecule has 3 rings (SSSR count). The molecule has 3 aromatic rings. The van der Waals surface area contributed by atoms with Gasteiger partial charge in [-0.3, -0.25) is 4.79 Å². The molecular formula is C19H19Cl2N3O4S. The van der Waals surface area contributed by atoms with Gasteiger partial charge in [-0.1, -0.05) is 43.1 Å². The summed E-state index contributed by atoms with van der Waals surface area (Å²) in [5.41, 5.74) is 0.262. The number of aromatic amines is 1. The van der Waals surface area contributed by atoms with Crippen molar-refractivity contribution in [1.29, 1.82) is 0 Å². The van der Waals surface area contributed by atoms with E-state index in [0.717, 1.165) is 0 Å². The number of H-pyrrole nitrogens is 1. The molecule has 0 atom stereocenters. The van der Waals surface area contributed by atoms with Crippen molar-refractivity contribution in [3.05, 3.63) is 74.0 Å². The third kappa shape index (κ3) is 4.25. The minimum Gasteiger partial charge on any atom is -0.388 e. The normalized spacial score (nSPS) is 11.9. The Morgan fingerprint density at radius 2 is 1.86 bits per heavy atom. The van der Waals surface area contributed by atoms with E-state index in [2.05, 4.69) is 9.97 Å². The maximum atomic E-state index is 13.5. The zero-order valence-corrected chi connectivity index (χ0v) is 18.0. The first-order valence-electron chi connectivity index (χ1n) is 8.73. The van der Waals surface area contributed by atoms with Crippen molar-refractivity contribution in [3.8, 4) is 0 Å². The van der Waals surface area contributed by atoms with Gasteiger partial charge in [0, 0.05) is 21.8 Å². The number of benzene rings is 1. The molecule has 0 aliphatic heterocycles. The molecule has 0 bridgehead atoms. The van der Waals surface area contributed by atoms with Gasteiger partial charge in [0.05, 0.1) is 17.1 Å². The summed E-state index contributed by atoms with van der Waals surface area (Å²) in [6.07, 6.45) is 1.48. The topological polar surface area (TPSA) is 105 Å². The molecule has 0 amide bonds. The van der Waals surface area contributed by atoms with Crippen LogP contribution in [-0.2, 0) is 23.0 Å². The zero-order chi connectivity index (χ0) is 21.3. The van der Waals surface area contributed by atoms with E-state index in [1.807, 2.05) is 0 Å². The Morgan fingerprint density at radius 1 is 1.21 bits per heavy atom. The summed E-state index contributed by atoms with van der Waals surface area (Å²) in [7, 11) is -4.10. The molecule has 29 heavy (non-hydrogen) atoms. The van der Waals surface area contributed by atoms with Gasteiger partial charge in [-0.25, -0.2) is 13.4 Å². The predicted molar refractivity (Wildman–Crippen MR) is 110 cm³/mol. The van der Waals surface area contributed by atoms with E-state index >= 15 is 0 Å². The first kappa shape index (κ1) is 21.6. The highest BCUT2D eigenvalue weighted by Crippen LogP contribution is 2.33. The lowest BCUT2D eigenvalue weighted by molar-refractivity contribution is 0.264. The van der Waals surface area contributed by atoms with Crippen LogP contribution < -0.4 is 5.56 Å². The highest BCUT2D eigenvalue weighted by Gasteiger charge is 2.31. The third-order valence-corrected chi connectivity index (χ3v) is 6.57. The summed E-state index contributed by atoms with van der Waals surface area (Å²) in [4.78, 5) is 19.0. The molecule has 2 heterocycles. The van der Waals surface area contributed by atoms with E-state index in [1.165, 1.54) is 29.0 Å². The molecule has 10 heteroatoms. The summed E-state index contributed by atoms with van der Waals surface area (Å²) >= 11 is 12.0.